The van der Waals surface area contributed by atoms with Crippen LogP contribution >= 0.6 is 0 Å². The van der Waals surface area contributed by atoms with Crippen molar-refractivity contribution in [3.05, 3.63) is 40.2 Å². The maximum Gasteiger partial charge on any atom is 0.344 e. The lowest BCUT2D eigenvalue weighted by Crippen LogP contribution is -2.35. The van der Waals surface area contributed by atoms with Crippen LogP contribution < -0.4 is 15.7 Å². The van der Waals surface area contributed by atoms with Crippen LogP contribution in [0.15, 0.2) is 33.5 Å². The number of nitrogens with one attached hydrogen (secondary N) is 1. The van der Waals surface area contributed by atoms with Gasteiger partial charge in [-0.05, 0) is 37.5 Å². The number of ether oxygens (including phenoxy) is 3. The van der Waals surface area contributed by atoms with E-state index in [1.807, 2.05) is 0 Å². The predicted octanol–water partition coefficient (Wildman–Crippen LogP) is 1.32. The molecule has 1 fully saturated rings. The zero-order valence-electron chi connectivity index (χ0n) is 15.0. The topological polar surface area (TPSA) is 104 Å². The number of hydrogen-bond donors (Lipinski definition) is 1. The highest BCUT2D eigenvalue weighted by atomic mass is 16.6. The molecule has 1 aliphatic rings. The predicted molar refractivity (Wildman–Crippen MR) is 95.7 cm³/mol. The average molecular weight is 375 g/mol. The molecule has 0 unspecified atom stereocenters. The van der Waals surface area contributed by atoms with Crippen molar-refractivity contribution >= 4 is 22.8 Å². The van der Waals surface area contributed by atoms with Gasteiger partial charge in [0.2, 0.25) is 0 Å². The van der Waals surface area contributed by atoms with E-state index in [0.717, 1.165) is 23.8 Å². The standard InChI is InChI=1S/C19H21NO7/c1-12-7-18(22)27-16-8-13(4-5-15(12)16)25-11-19(23)26-10-17(21)20-9-14-3-2-6-24-14/h4-5,7-8,14H,2-3,6,9-11H2,1H3,(H,20,21)/t14-/m1/s1. The minimum Gasteiger partial charge on any atom is -0.482 e. The number of aryl methyl sites for hydroxylation is 1. The first-order valence-corrected chi connectivity index (χ1v) is 8.72. The maximum absolute atomic E-state index is 11.7. The Balaban J connectivity index is 1.44. The van der Waals surface area contributed by atoms with Crippen molar-refractivity contribution in [2.75, 3.05) is 26.4 Å². The van der Waals surface area contributed by atoms with Crippen LogP contribution in [0.3, 0.4) is 0 Å². The van der Waals surface area contributed by atoms with E-state index >= 15 is 0 Å². The summed E-state index contributed by atoms with van der Waals surface area (Å²) in [7, 11) is 0. The van der Waals surface area contributed by atoms with Gasteiger partial charge in [0.25, 0.3) is 5.91 Å². The van der Waals surface area contributed by atoms with Gasteiger partial charge in [0.1, 0.15) is 11.3 Å². The second-order valence-corrected chi connectivity index (χ2v) is 6.29. The maximum atomic E-state index is 11.7. The molecule has 0 aliphatic carbocycles. The Morgan fingerprint density at radius 3 is 2.89 bits per heavy atom. The van der Waals surface area contributed by atoms with Crippen molar-refractivity contribution in [1.29, 1.82) is 0 Å². The van der Waals surface area contributed by atoms with E-state index < -0.39 is 11.6 Å². The molecule has 1 atom stereocenters. The van der Waals surface area contributed by atoms with Crippen LogP contribution in [0.2, 0.25) is 0 Å². The van der Waals surface area contributed by atoms with Gasteiger partial charge in [-0.15, -0.1) is 0 Å². The summed E-state index contributed by atoms with van der Waals surface area (Å²) in [6.45, 7) is 2.20. The van der Waals surface area contributed by atoms with Crippen molar-refractivity contribution in [1.82, 2.24) is 5.32 Å². The second kappa shape index (κ2) is 8.68. The highest BCUT2D eigenvalue weighted by Gasteiger charge is 2.16. The molecule has 1 aromatic heterocycles. The van der Waals surface area contributed by atoms with Crippen molar-refractivity contribution in [2.45, 2.75) is 25.9 Å². The summed E-state index contributed by atoms with van der Waals surface area (Å²) in [5.74, 6) is -0.703. The Hall–Kier alpha value is -2.87. The van der Waals surface area contributed by atoms with E-state index in [1.54, 1.807) is 19.1 Å². The number of carbonyl (C=O) groups excluding carboxylic acids is 2. The van der Waals surface area contributed by atoms with Crippen LogP contribution in [0.5, 0.6) is 5.75 Å². The Kier molecular flexibility index (Phi) is 6.08. The lowest BCUT2D eigenvalue weighted by molar-refractivity contribution is -0.150. The number of amides is 1. The molecule has 1 N–H and O–H groups in total. The van der Waals surface area contributed by atoms with E-state index in [0.29, 0.717) is 24.5 Å². The summed E-state index contributed by atoms with van der Waals surface area (Å²) in [5.41, 5.74) is 0.714. The van der Waals surface area contributed by atoms with E-state index in [4.69, 9.17) is 18.6 Å². The first-order valence-electron chi connectivity index (χ1n) is 8.72. The highest BCUT2D eigenvalue weighted by molar-refractivity contribution is 5.82. The fourth-order valence-electron chi connectivity index (χ4n) is 2.81. The molecular weight excluding hydrogens is 354 g/mol. The van der Waals surface area contributed by atoms with E-state index in [9.17, 15) is 14.4 Å². The minimum absolute atomic E-state index is 0.0320. The van der Waals surface area contributed by atoms with Gasteiger partial charge in [0, 0.05) is 30.7 Å². The lowest BCUT2D eigenvalue weighted by atomic mass is 10.1. The van der Waals surface area contributed by atoms with Crippen LogP contribution in [0, 0.1) is 6.92 Å². The molecule has 0 saturated carbocycles. The average Bonchev–Trinajstić information content (AvgIpc) is 3.16. The number of fused-ring (bicyclic) bond motifs is 1. The van der Waals surface area contributed by atoms with Crippen LogP contribution in [0.1, 0.15) is 18.4 Å². The number of benzene rings is 1. The zero-order valence-corrected chi connectivity index (χ0v) is 15.0. The molecule has 2 aromatic rings. The molecule has 1 saturated heterocycles. The SMILES string of the molecule is Cc1cc(=O)oc2cc(OCC(=O)OCC(=O)NC[C@H]3CCCO3)ccc12. The monoisotopic (exact) mass is 375 g/mol. The molecule has 0 spiro atoms. The van der Waals surface area contributed by atoms with E-state index in [1.165, 1.54) is 12.1 Å². The summed E-state index contributed by atoms with van der Waals surface area (Å²) in [5, 5.41) is 3.45. The Morgan fingerprint density at radius 1 is 1.26 bits per heavy atom. The van der Waals surface area contributed by atoms with Crippen molar-refractivity contribution in [3.63, 3.8) is 0 Å². The molecule has 8 heteroatoms. The molecule has 8 nitrogen and oxygen atoms in total. The number of rotatable bonds is 7. The van der Waals surface area contributed by atoms with Gasteiger partial charge in [-0.3, -0.25) is 4.79 Å². The van der Waals surface area contributed by atoms with Crippen molar-refractivity contribution in [3.8, 4) is 5.75 Å². The van der Waals surface area contributed by atoms with Gasteiger partial charge in [-0.25, -0.2) is 9.59 Å². The summed E-state index contributed by atoms with van der Waals surface area (Å²) < 4.78 is 20.7. The van der Waals surface area contributed by atoms with Gasteiger partial charge in [-0.2, -0.15) is 0 Å². The second-order valence-electron chi connectivity index (χ2n) is 6.29. The van der Waals surface area contributed by atoms with Crippen LogP contribution in [-0.4, -0.2) is 44.3 Å². The fourth-order valence-corrected chi connectivity index (χ4v) is 2.81. The molecule has 144 valence electrons. The van der Waals surface area contributed by atoms with Gasteiger partial charge >= 0.3 is 11.6 Å². The van der Waals surface area contributed by atoms with Crippen molar-refractivity contribution in [2.24, 2.45) is 0 Å². The van der Waals surface area contributed by atoms with Crippen molar-refractivity contribution < 1.29 is 28.2 Å². The van der Waals surface area contributed by atoms with Crippen LogP contribution in [-0.2, 0) is 19.1 Å². The fraction of sp³-hybridized carbons (Fsp3) is 0.421. The molecule has 2 heterocycles. The lowest BCUT2D eigenvalue weighted by Gasteiger charge is -2.11. The van der Waals surface area contributed by atoms with Gasteiger partial charge < -0.3 is 23.9 Å². The van der Waals surface area contributed by atoms with Crippen LogP contribution in [0.4, 0.5) is 0 Å². The minimum atomic E-state index is -0.673. The molecule has 27 heavy (non-hydrogen) atoms. The Morgan fingerprint density at radius 2 is 2.11 bits per heavy atom. The zero-order chi connectivity index (χ0) is 19.2. The summed E-state index contributed by atoms with van der Waals surface area (Å²) in [4.78, 5) is 34.8. The van der Waals surface area contributed by atoms with Gasteiger partial charge in [0.05, 0.1) is 6.10 Å². The number of carbonyl (C=O) groups is 2. The Labute approximate surface area is 155 Å². The molecule has 0 bridgehead atoms. The van der Waals surface area contributed by atoms with E-state index in [-0.39, 0.29) is 25.2 Å². The first-order chi connectivity index (χ1) is 13.0. The third kappa shape index (κ3) is 5.30. The third-order valence-electron chi connectivity index (χ3n) is 4.19. The normalized spacial score (nSPS) is 16.3. The smallest absolute Gasteiger partial charge is 0.344 e. The largest absolute Gasteiger partial charge is 0.482 e. The molecule has 0 radical (unpaired) electrons. The van der Waals surface area contributed by atoms with Crippen LogP contribution in [0.25, 0.3) is 11.0 Å². The number of hydrogen-bond acceptors (Lipinski definition) is 7. The summed E-state index contributed by atoms with van der Waals surface area (Å²) >= 11 is 0. The summed E-state index contributed by atoms with van der Waals surface area (Å²) in [6, 6.07) is 6.35. The molecular formula is C19H21NO7. The van der Waals surface area contributed by atoms with Gasteiger partial charge in [-0.1, -0.05) is 0 Å². The molecule has 1 aliphatic heterocycles. The molecule has 3 rings (SSSR count). The number of esters is 1. The Bertz CT molecular complexity index is 883. The molecule has 1 aromatic carbocycles. The van der Waals surface area contributed by atoms with E-state index in [2.05, 4.69) is 5.32 Å². The quantitative estimate of drug-likeness (QED) is 0.575. The third-order valence-corrected chi connectivity index (χ3v) is 4.19. The first kappa shape index (κ1) is 18.9. The summed E-state index contributed by atoms with van der Waals surface area (Å²) in [6.07, 6.45) is 1.94. The van der Waals surface area contributed by atoms with Gasteiger partial charge in [0.15, 0.2) is 13.2 Å². The molecule has 1 amide bonds. The highest BCUT2D eigenvalue weighted by Crippen LogP contribution is 2.22.